The quantitative estimate of drug-likeness (QED) is 0.612. The van der Waals surface area contributed by atoms with Gasteiger partial charge in [-0.2, -0.15) is 0 Å². The van der Waals surface area contributed by atoms with Gasteiger partial charge in [0.05, 0.1) is 4.90 Å². The Morgan fingerprint density at radius 1 is 1.06 bits per heavy atom. The third-order valence-electron chi connectivity index (χ3n) is 5.36. The van der Waals surface area contributed by atoms with E-state index in [9.17, 15) is 18.0 Å². The van der Waals surface area contributed by atoms with Crippen LogP contribution in [-0.2, 0) is 14.8 Å². The maximum atomic E-state index is 12.9. The summed E-state index contributed by atoms with van der Waals surface area (Å²) in [7, 11) is -3.71. The summed E-state index contributed by atoms with van der Waals surface area (Å²) < 4.78 is 27.6. The monoisotopic (exact) mass is 443 g/mol. The number of sulfonamides is 1. The largest absolute Gasteiger partial charge is 0.354 e. The van der Waals surface area contributed by atoms with Crippen LogP contribution < -0.4 is 10.0 Å². The summed E-state index contributed by atoms with van der Waals surface area (Å²) in [5.74, 6) is -0.331. The fraction of sp³-hybridized carbons (Fsp3) is 0.391. The number of aryl methyl sites for hydroxylation is 1. The van der Waals surface area contributed by atoms with Crippen LogP contribution in [0.2, 0.25) is 0 Å². The predicted molar refractivity (Wildman–Crippen MR) is 120 cm³/mol. The highest BCUT2D eigenvalue weighted by Crippen LogP contribution is 2.22. The van der Waals surface area contributed by atoms with Crippen molar-refractivity contribution in [2.24, 2.45) is 0 Å². The first kappa shape index (κ1) is 22.8. The number of amides is 2. The number of nitrogens with one attached hydrogen (secondary N) is 2. The molecule has 0 bridgehead atoms. The molecule has 8 heteroatoms. The van der Waals surface area contributed by atoms with E-state index in [4.69, 9.17) is 0 Å². The second-order valence-corrected chi connectivity index (χ2v) is 9.48. The van der Waals surface area contributed by atoms with E-state index < -0.39 is 16.1 Å². The first-order chi connectivity index (χ1) is 14.8. The number of hydrogen-bond acceptors (Lipinski definition) is 4. The van der Waals surface area contributed by atoms with Gasteiger partial charge in [-0.05, 0) is 62.6 Å². The molecule has 2 N–H and O–H groups in total. The van der Waals surface area contributed by atoms with Gasteiger partial charge >= 0.3 is 0 Å². The minimum Gasteiger partial charge on any atom is -0.354 e. The number of rotatable bonds is 8. The predicted octanol–water partition coefficient (Wildman–Crippen LogP) is 3.32. The minimum atomic E-state index is -3.71. The Kier molecular flexibility index (Phi) is 7.33. The second-order valence-electron chi connectivity index (χ2n) is 7.80. The van der Waals surface area contributed by atoms with Gasteiger partial charge in [0, 0.05) is 24.3 Å². The second kappa shape index (κ2) is 9.96. The van der Waals surface area contributed by atoms with Crippen molar-refractivity contribution >= 4 is 27.5 Å². The molecule has 0 radical (unpaired) electrons. The lowest BCUT2D eigenvalue weighted by Gasteiger charge is -2.24. The molecule has 1 heterocycles. The van der Waals surface area contributed by atoms with Gasteiger partial charge in [-0.15, -0.1) is 0 Å². The molecule has 3 rings (SSSR count). The van der Waals surface area contributed by atoms with Crippen molar-refractivity contribution in [2.45, 2.75) is 50.5 Å². The summed E-state index contributed by atoms with van der Waals surface area (Å²) in [5.41, 5.74) is 1.76. The van der Waals surface area contributed by atoms with Gasteiger partial charge < -0.3 is 10.2 Å². The van der Waals surface area contributed by atoms with Crippen molar-refractivity contribution in [3.05, 3.63) is 59.7 Å². The molecule has 2 amide bonds. The molecular formula is C23H29N3O4S. The summed E-state index contributed by atoms with van der Waals surface area (Å²) >= 11 is 0. The highest BCUT2D eigenvalue weighted by atomic mass is 32.2. The van der Waals surface area contributed by atoms with Gasteiger partial charge in [0.15, 0.2) is 0 Å². The number of carbonyl (C=O) groups excluding carboxylic acids is 2. The molecular weight excluding hydrogens is 414 g/mol. The zero-order chi connectivity index (χ0) is 22.4. The van der Waals surface area contributed by atoms with Gasteiger partial charge in [-0.1, -0.05) is 31.0 Å². The van der Waals surface area contributed by atoms with Gasteiger partial charge in [-0.3, -0.25) is 14.3 Å². The highest BCUT2D eigenvalue weighted by Gasteiger charge is 2.34. The normalized spacial score (nSPS) is 16.2. The molecule has 0 saturated carbocycles. The average Bonchev–Trinajstić information content (AvgIpc) is 3.24. The summed E-state index contributed by atoms with van der Waals surface area (Å²) in [4.78, 5) is 27.2. The molecule has 2 aromatic rings. The molecule has 7 nitrogen and oxygen atoms in total. The molecule has 1 saturated heterocycles. The van der Waals surface area contributed by atoms with E-state index in [-0.39, 0.29) is 16.7 Å². The first-order valence-electron chi connectivity index (χ1n) is 10.6. The number of benzene rings is 2. The molecule has 0 aliphatic carbocycles. The summed E-state index contributed by atoms with van der Waals surface area (Å²) in [5, 5.41) is 2.91. The molecule has 1 aliphatic rings. The minimum absolute atomic E-state index is 0.109. The van der Waals surface area contributed by atoms with Crippen LogP contribution >= 0.6 is 0 Å². The number of hydrogen-bond donors (Lipinski definition) is 2. The van der Waals surface area contributed by atoms with E-state index in [0.29, 0.717) is 30.8 Å². The highest BCUT2D eigenvalue weighted by molar-refractivity contribution is 7.92. The first-order valence-corrected chi connectivity index (χ1v) is 12.1. The molecule has 1 fully saturated rings. The smallest absolute Gasteiger partial charge is 0.261 e. The van der Waals surface area contributed by atoms with Gasteiger partial charge in [0.2, 0.25) is 5.91 Å². The molecule has 1 aliphatic heterocycles. The topological polar surface area (TPSA) is 95.6 Å². The number of carbonyl (C=O) groups is 2. The Balaban J connectivity index is 1.67. The number of unbranched alkanes of at least 4 members (excludes halogenated alkanes) is 1. The maximum absolute atomic E-state index is 12.9. The fourth-order valence-corrected chi connectivity index (χ4v) is 4.63. The van der Waals surface area contributed by atoms with E-state index in [2.05, 4.69) is 17.0 Å². The lowest BCUT2D eigenvalue weighted by Crippen LogP contribution is -2.46. The molecule has 2 aromatic carbocycles. The van der Waals surface area contributed by atoms with E-state index in [1.54, 1.807) is 53.4 Å². The Labute approximate surface area is 183 Å². The van der Waals surface area contributed by atoms with Crippen LogP contribution in [0.15, 0.2) is 53.4 Å². The SMILES string of the molecule is CCCCNC(=O)[C@H]1CCCN1C(=O)c1ccc(NS(=O)(=O)c2ccc(C)cc2)cc1. The molecule has 0 aromatic heterocycles. The van der Waals surface area contributed by atoms with Crippen LogP contribution in [0.4, 0.5) is 5.69 Å². The Hall–Kier alpha value is -2.87. The van der Waals surface area contributed by atoms with E-state index >= 15 is 0 Å². The third kappa shape index (κ3) is 5.64. The van der Waals surface area contributed by atoms with Crippen molar-refractivity contribution < 1.29 is 18.0 Å². The lowest BCUT2D eigenvalue weighted by atomic mass is 10.1. The van der Waals surface area contributed by atoms with Crippen molar-refractivity contribution in [1.82, 2.24) is 10.2 Å². The standard InChI is InChI=1S/C23H29N3O4S/c1-3-4-15-24-22(27)21-6-5-16-26(21)23(28)18-9-11-19(12-10-18)25-31(29,30)20-13-7-17(2)8-14-20/h7-14,21,25H,3-6,15-16H2,1-2H3,(H,24,27)/t21-/m1/s1. The van der Waals surface area contributed by atoms with Gasteiger partial charge in [-0.25, -0.2) is 8.42 Å². The van der Waals surface area contributed by atoms with E-state index in [1.807, 2.05) is 6.92 Å². The Morgan fingerprint density at radius 2 is 1.74 bits per heavy atom. The Bertz CT molecular complexity index is 1020. The van der Waals surface area contributed by atoms with Crippen LogP contribution in [0, 0.1) is 6.92 Å². The lowest BCUT2D eigenvalue weighted by molar-refractivity contribution is -0.124. The summed E-state index contributed by atoms with van der Waals surface area (Å²) in [6.45, 7) is 5.09. The van der Waals surface area contributed by atoms with Gasteiger partial charge in [0.1, 0.15) is 6.04 Å². The fourth-order valence-electron chi connectivity index (χ4n) is 3.57. The van der Waals surface area contributed by atoms with Crippen LogP contribution in [0.5, 0.6) is 0 Å². The van der Waals surface area contributed by atoms with Crippen molar-refractivity contribution in [1.29, 1.82) is 0 Å². The van der Waals surface area contributed by atoms with Crippen molar-refractivity contribution in [3.8, 4) is 0 Å². The van der Waals surface area contributed by atoms with E-state index in [0.717, 1.165) is 24.8 Å². The van der Waals surface area contributed by atoms with Gasteiger partial charge in [0.25, 0.3) is 15.9 Å². The van der Waals surface area contributed by atoms with Crippen LogP contribution in [0.25, 0.3) is 0 Å². The average molecular weight is 444 g/mol. The van der Waals surface area contributed by atoms with Crippen LogP contribution in [-0.4, -0.2) is 44.3 Å². The summed E-state index contributed by atoms with van der Waals surface area (Å²) in [6.07, 6.45) is 3.34. The Morgan fingerprint density at radius 3 is 2.39 bits per heavy atom. The zero-order valence-corrected chi connectivity index (χ0v) is 18.7. The molecule has 0 unspecified atom stereocenters. The van der Waals surface area contributed by atoms with Crippen LogP contribution in [0.3, 0.4) is 0 Å². The number of nitrogens with zero attached hydrogens (tertiary/aromatic N) is 1. The van der Waals surface area contributed by atoms with E-state index in [1.165, 1.54) is 0 Å². The summed E-state index contributed by atoms with van der Waals surface area (Å²) in [6, 6.07) is 12.4. The zero-order valence-electron chi connectivity index (χ0n) is 17.9. The number of anilines is 1. The van der Waals surface area contributed by atoms with Crippen molar-refractivity contribution in [2.75, 3.05) is 17.8 Å². The van der Waals surface area contributed by atoms with Crippen molar-refractivity contribution in [3.63, 3.8) is 0 Å². The molecule has 0 spiro atoms. The molecule has 31 heavy (non-hydrogen) atoms. The maximum Gasteiger partial charge on any atom is 0.261 e. The molecule has 166 valence electrons. The van der Waals surface area contributed by atoms with Crippen LogP contribution in [0.1, 0.15) is 48.5 Å². The molecule has 1 atom stereocenters. The third-order valence-corrected chi connectivity index (χ3v) is 6.76. The number of likely N-dealkylation sites (tertiary alicyclic amines) is 1.